The summed E-state index contributed by atoms with van der Waals surface area (Å²) in [4.78, 5) is 12.3. The zero-order valence-corrected chi connectivity index (χ0v) is 14.8. The summed E-state index contributed by atoms with van der Waals surface area (Å²) in [5.74, 6) is 0.380. The Balaban J connectivity index is 2.03. The van der Waals surface area contributed by atoms with Crippen LogP contribution in [0, 0.1) is 6.92 Å². The second kappa shape index (κ2) is 7.80. The third-order valence-corrected chi connectivity index (χ3v) is 5.12. The molecule has 8 heteroatoms. The van der Waals surface area contributed by atoms with Crippen molar-refractivity contribution in [1.29, 1.82) is 0 Å². The Morgan fingerprint density at radius 3 is 2.86 bits per heavy atom. The number of benzene rings is 1. The number of amides is 1. The van der Waals surface area contributed by atoms with Gasteiger partial charge in [0, 0.05) is 5.02 Å². The molecule has 0 saturated heterocycles. The maximum atomic E-state index is 12.3. The van der Waals surface area contributed by atoms with Gasteiger partial charge in [0.05, 0.1) is 0 Å². The van der Waals surface area contributed by atoms with Crippen LogP contribution in [-0.2, 0) is 4.79 Å². The van der Waals surface area contributed by atoms with Gasteiger partial charge in [0.25, 0.3) is 5.91 Å². The van der Waals surface area contributed by atoms with E-state index in [0.29, 0.717) is 22.3 Å². The molecule has 1 N–H and O–H groups in total. The molecule has 2 aromatic rings. The predicted octanol–water partition coefficient (Wildman–Crippen LogP) is 4.02. The van der Waals surface area contributed by atoms with Crippen molar-refractivity contribution >= 4 is 45.7 Å². The van der Waals surface area contributed by atoms with E-state index in [9.17, 15) is 4.79 Å². The van der Waals surface area contributed by atoms with Gasteiger partial charge < -0.3 is 4.74 Å². The largest absolute Gasteiger partial charge is 0.481 e. The fraction of sp³-hybridized carbons (Fsp3) is 0.357. The van der Waals surface area contributed by atoms with Crippen molar-refractivity contribution < 1.29 is 9.53 Å². The van der Waals surface area contributed by atoms with Crippen molar-refractivity contribution in [2.24, 2.45) is 0 Å². The lowest BCUT2D eigenvalue weighted by atomic mass is 10.2. The third-order valence-electron chi connectivity index (χ3n) is 2.88. The van der Waals surface area contributed by atoms with E-state index in [1.807, 2.05) is 26.2 Å². The van der Waals surface area contributed by atoms with E-state index in [-0.39, 0.29) is 5.91 Å². The summed E-state index contributed by atoms with van der Waals surface area (Å²) in [6.07, 6.45) is 1.86. The van der Waals surface area contributed by atoms with Crippen LogP contribution in [0.2, 0.25) is 5.02 Å². The van der Waals surface area contributed by atoms with Gasteiger partial charge in [-0.1, -0.05) is 41.6 Å². The van der Waals surface area contributed by atoms with Crippen LogP contribution in [0.15, 0.2) is 22.5 Å². The molecule has 0 radical (unpaired) electrons. The van der Waals surface area contributed by atoms with E-state index in [2.05, 4.69) is 15.5 Å². The average molecular weight is 358 g/mol. The van der Waals surface area contributed by atoms with Crippen molar-refractivity contribution in [3.8, 4) is 5.75 Å². The van der Waals surface area contributed by atoms with Crippen molar-refractivity contribution in [2.75, 3.05) is 11.6 Å². The van der Waals surface area contributed by atoms with Crippen LogP contribution in [0.25, 0.3) is 0 Å². The normalized spacial score (nSPS) is 12.0. The third kappa shape index (κ3) is 4.34. The highest BCUT2D eigenvalue weighted by Gasteiger charge is 2.20. The smallest absolute Gasteiger partial charge is 0.267 e. The fourth-order valence-corrected chi connectivity index (χ4v) is 3.00. The summed E-state index contributed by atoms with van der Waals surface area (Å²) in [6, 6.07) is 5.32. The van der Waals surface area contributed by atoms with Gasteiger partial charge in [-0.25, -0.2) is 0 Å². The number of aromatic nitrogens is 2. The molecule has 0 saturated carbocycles. The van der Waals surface area contributed by atoms with Gasteiger partial charge in [0.2, 0.25) is 5.13 Å². The number of halogens is 1. The van der Waals surface area contributed by atoms with Crippen molar-refractivity contribution in [2.45, 2.75) is 30.7 Å². The first-order valence-corrected chi connectivity index (χ1v) is 9.06. The number of carbonyl (C=O) groups is 1. The molecule has 0 fully saturated rings. The molecule has 0 aliphatic carbocycles. The van der Waals surface area contributed by atoms with Gasteiger partial charge >= 0.3 is 0 Å². The highest BCUT2D eigenvalue weighted by Crippen LogP contribution is 2.25. The second-order valence-corrected chi connectivity index (χ2v) is 6.93. The van der Waals surface area contributed by atoms with E-state index in [0.717, 1.165) is 9.90 Å². The molecule has 0 aliphatic rings. The van der Waals surface area contributed by atoms with Crippen LogP contribution in [0.3, 0.4) is 0 Å². The number of carbonyl (C=O) groups excluding carboxylic acids is 1. The zero-order chi connectivity index (χ0) is 16.1. The quantitative estimate of drug-likeness (QED) is 0.625. The average Bonchev–Trinajstić information content (AvgIpc) is 2.95. The molecule has 0 unspecified atom stereocenters. The Hall–Kier alpha value is -1.31. The number of anilines is 1. The highest BCUT2D eigenvalue weighted by molar-refractivity contribution is 8.00. The maximum absolute atomic E-state index is 12.3. The van der Waals surface area contributed by atoms with E-state index in [4.69, 9.17) is 16.3 Å². The molecule has 1 aromatic heterocycles. The molecule has 1 atom stereocenters. The highest BCUT2D eigenvalue weighted by atomic mass is 35.5. The monoisotopic (exact) mass is 357 g/mol. The Morgan fingerprint density at radius 1 is 1.50 bits per heavy atom. The summed E-state index contributed by atoms with van der Waals surface area (Å²) in [5.41, 5.74) is 0.906. The van der Waals surface area contributed by atoms with Crippen LogP contribution >= 0.6 is 34.7 Å². The fourth-order valence-electron chi connectivity index (χ4n) is 1.71. The van der Waals surface area contributed by atoms with Gasteiger partial charge in [0.1, 0.15) is 5.75 Å². The van der Waals surface area contributed by atoms with Gasteiger partial charge in [0.15, 0.2) is 10.4 Å². The van der Waals surface area contributed by atoms with Gasteiger partial charge in [-0.2, -0.15) is 0 Å². The molecule has 118 valence electrons. The number of rotatable bonds is 6. The molecule has 1 heterocycles. The topological polar surface area (TPSA) is 64.1 Å². The Kier molecular flexibility index (Phi) is 6.05. The lowest BCUT2D eigenvalue weighted by molar-refractivity contribution is -0.122. The number of ether oxygens (including phenoxy) is 1. The number of hydrogen-bond acceptors (Lipinski definition) is 6. The van der Waals surface area contributed by atoms with Crippen LogP contribution in [0.5, 0.6) is 5.75 Å². The van der Waals surface area contributed by atoms with Crippen LogP contribution < -0.4 is 10.1 Å². The van der Waals surface area contributed by atoms with E-state index >= 15 is 0 Å². The Labute approximate surface area is 142 Å². The first kappa shape index (κ1) is 17.1. The molecule has 22 heavy (non-hydrogen) atoms. The van der Waals surface area contributed by atoms with Crippen molar-refractivity contribution in [1.82, 2.24) is 10.2 Å². The number of aryl methyl sites for hydroxylation is 1. The minimum absolute atomic E-state index is 0.237. The molecule has 1 aromatic carbocycles. The molecular formula is C14H16ClN3O2S2. The SMILES string of the molecule is CC[C@H](Oc1ccc(Cl)c(C)c1)C(=O)Nc1nnc(SC)s1. The standard InChI is InChI=1S/C14H16ClN3O2S2/c1-4-11(20-9-5-6-10(15)8(2)7-9)12(19)16-13-17-18-14(21-3)22-13/h5-7,11H,4H2,1-3H3,(H,16,17,19)/t11-/m0/s1. The lowest BCUT2D eigenvalue weighted by Crippen LogP contribution is -2.32. The van der Waals surface area contributed by atoms with E-state index < -0.39 is 6.10 Å². The second-order valence-electron chi connectivity index (χ2n) is 4.49. The molecule has 5 nitrogen and oxygen atoms in total. The van der Waals surface area contributed by atoms with Gasteiger partial charge in [-0.15, -0.1) is 10.2 Å². The number of thioether (sulfide) groups is 1. The summed E-state index contributed by atoms with van der Waals surface area (Å²) in [7, 11) is 0. The van der Waals surface area contributed by atoms with Crippen molar-refractivity contribution in [3.63, 3.8) is 0 Å². The first-order valence-electron chi connectivity index (χ1n) is 6.64. The minimum atomic E-state index is -0.595. The summed E-state index contributed by atoms with van der Waals surface area (Å²) < 4.78 is 6.55. The number of nitrogens with zero attached hydrogens (tertiary/aromatic N) is 2. The Morgan fingerprint density at radius 2 is 2.27 bits per heavy atom. The zero-order valence-electron chi connectivity index (χ0n) is 12.4. The maximum Gasteiger partial charge on any atom is 0.267 e. The predicted molar refractivity (Wildman–Crippen MR) is 91.2 cm³/mol. The van der Waals surface area contributed by atoms with Gasteiger partial charge in [-0.05, 0) is 43.4 Å². The van der Waals surface area contributed by atoms with Crippen LogP contribution in [0.1, 0.15) is 18.9 Å². The first-order chi connectivity index (χ1) is 10.5. The van der Waals surface area contributed by atoms with E-state index in [1.54, 1.807) is 12.1 Å². The summed E-state index contributed by atoms with van der Waals surface area (Å²) in [6.45, 7) is 3.78. The molecular weight excluding hydrogens is 342 g/mol. The molecule has 0 bridgehead atoms. The molecule has 2 rings (SSSR count). The summed E-state index contributed by atoms with van der Waals surface area (Å²) >= 11 is 8.81. The van der Waals surface area contributed by atoms with Crippen molar-refractivity contribution in [3.05, 3.63) is 28.8 Å². The lowest BCUT2D eigenvalue weighted by Gasteiger charge is -2.16. The summed E-state index contributed by atoms with van der Waals surface area (Å²) in [5, 5.41) is 11.7. The molecule has 0 aliphatic heterocycles. The molecule has 1 amide bonds. The molecule has 0 spiro atoms. The van der Waals surface area contributed by atoms with E-state index in [1.165, 1.54) is 23.1 Å². The van der Waals surface area contributed by atoms with Gasteiger partial charge in [-0.3, -0.25) is 10.1 Å². The number of hydrogen-bond donors (Lipinski definition) is 1. The van der Waals surface area contributed by atoms with Crippen LogP contribution in [0.4, 0.5) is 5.13 Å². The minimum Gasteiger partial charge on any atom is -0.481 e. The Bertz CT molecular complexity index is 663. The van der Waals surface area contributed by atoms with Crippen LogP contribution in [-0.4, -0.2) is 28.5 Å². The number of nitrogens with one attached hydrogen (secondary N) is 1.